The second kappa shape index (κ2) is 9.02. The Morgan fingerprint density at radius 1 is 0.806 bits per heavy atom. The maximum Gasteiger partial charge on any atom is 0.324 e. The highest BCUT2D eigenvalue weighted by atomic mass is 32.1. The third-order valence-corrected chi connectivity index (χ3v) is 6.41. The lowest BCUT2D eigenvalue weighted by Crippen LogP contribution is -2.26. The van der Waals surface area contributed by atoms with Crippen molar-refractivity contribution in [1.82, 2.24) is 4.90 Å². The van der Waals surface area contributed by atoms with Gasteiger partial charge in [0.05, 0.1) is 19.6 Å². The molecule has 0 aliphatic heterocycles. The zero-order chi connectivity index (χ0) is 22.7. The number of carbonyl (C=O) groups is 2. The summed E-state index contributed by atoms with van der Waals surface area (Å²) >= 11 is 1.64. The molecule has 2 heterocycles. The van der Waals surface area contributed by atoms with Gasteiger partial charge in [-0.2, -0.15) is 0 Å². The first-order valence-electron chi connectivity index (χ1n) is 8.78. The maximum atomic E-state index is 12.6. The Kier molecular flexibility index (Phi) is 6.42. The molecule has 0 fully saturated rings. The largest absolute Gasteiger partial charge is 0.337 e. The zero-order valence-corrected chi connectivity index (χ0v) is 18.0. The van der Waals surface area contributed by atoms with Gasteiger partial charge in [0, 0.05) is 38.5 Å². The fraction of sp³-hybridized carbons (Fsp3) is 0.158. The number of hydrogen-bond acceptors (Lipinski definition) is 8. The van der Waals surface area contributed by atoms with E-state index in [2.05, 4.69) is 0 Å². The molecule has 2 amide bonds. The highest BCUT2D eigenvalue weighted by Gasteiger charge is 2.21. The summed E-state index contributed by atoms with van der Waals surface area (Å²) in [5, 5.41) is 21.4. The summed E-state index contributed by atoms with van der Waals surface area (Å²) in [5.74, 6) is -0.689. The van der Waals surface area contributed by atoms with Crippen molar-refractivity contribution >= 4 is 50.2 Å². The second-order valence-electron chi connectivity index (χ2n) is 6.48. The van der Waals surface area contributed by atoms with Gasteiger partial charge in [0.25, 0.3) is 11.8 Å². The molecule has 0 radical (unpaired) electrons. The molecule has 31 heavy (non-hydrogen) atoms. The van der Waals surface area contributed by atoms with Crippen LogP contribution in [0.15, 0.2) is 48.5 Å². The fourth-order valence-electron chi connectivity index (χ4n) is 2.72. The van der Waals surface area contributed by atoms with Gasteiger partial charge in [0.1, 0.15) is 0 Å². The van der Waals surface area contributed by atoms with Gasteiger partial charge >= 0.3 is 10.0 Å². The molecule has 0 unspecified atom stereocenters. The second-order valence-corrected chi connectivity index (χ2v) is 8.61. The van der Waals surface area contributed by atoms with E-state index in [-0.39, 0.29) is 38.1 Å². The van der Waals surface area contributed by atoms with Crippen molar-refractivity contribution < 1.29 is 19.4 Å². The van der Waals surface area contributed by atoms with Crippen molar-refractivity contribution in [1.29, 1.82) is 0 Å². The molecule has 3 aromatic rings. The summed E-state index contributed by atoms with van der Waals surface area (Å²) in [4.78, 5) is 48.9. The first kappa shape index (κ1) is 22.1. The first-order chi connectivity index (χ1) is 14.7. The Hall–Kier alpha value is -3.64. The number of nitro groups is 2. The number of anilines is 1. The number of benzene rings is 1. The summed E-state index contributed by atoms with van der Waals surface area (Å²) in [6, 6.07) is 12.4. The third-order valence-electron chi connectivity index (χ3n) is 4.36. The van der Waals surface area contributed by atoms with Crippen LogP contribution in [0.1, 0.15) is 24.9 Å². The predicted molar refractivity (Wildman–Crippen MR) is 117 cm³/mol. The van der Waals surface area contributed by atoms with Gasteiger partial charge < -0.3 is 9.80 Å². The van der Waals surface area contributed by atoms with Gasteiger partial charge in [-0.05, 0) is 29.8 Å². The monoisotopic (exact) mass is 460 g/mol. The Morgan fingerprint density at radius 2 is 1.29 bits per heavy atom. The lowest BCUT2D eigenvalue weighted by Gasteiger charge is -2.19. The quantitative estimate of drug-likeness (QED) is 0.384. The van der Waals surface area contributed by atoms with Crippen molar-refractivity contribution in [3.63, 3.8) is 0 Å². The Morgan fingerprint density at radius 3 is 1.74 bits per heavy atom. The maximum absolute atomic E-state index is 12.6. The van der Waals surface area contributed by atoms with Gasteiger partial charge in [0.2, 0.25) is 0 Å². The van der Waals surface area contributed by atoms with Crippen molar-refractivity contribution in [3.05, 3.63) is 84.1 Å². The minimum atomic E-state index is -0.539. The van der Waals surface area contributed by atoms with Crippen LogP contribution in [-0.4, -0.2) is 40.7 Å². The van der Waals surface area contributed by atoms with E-state index in [1.54, 1.807) is 38.4 Å². The van der Waals surface area contributed by atoms with E-state index in [4.69, 9.17) is 0 Å². The van der Waals surface area contributed by atoms with E-state index >= 15 is 0 Å². The van der Waals surface area contributed by atoms with Gasteiger partial charge in [-0.15, -0.1) is 0 Å². The summed E-state index contributed by atoms with van der Waals surface area (Å²) in [6.45, 7) is 0.277. The molecule has 0 bridgehead atoms. The Bertz CT molecular complexity index is 1150. The van der Waals surface area contributed by atoms with Crippen LogP contribution in [-0.2, 0) is 6.54 Å². The number of nitrogens with zero attached hydrogens (tertiary/aromatic N) is 4. The van der Waals surface area contributed by atoms with Crippen molar-refractivity contribution in [2.45, 2.75) is 6.54 Å². The summed E-state index contributed by atoms with van der Waals surface area (Å²) in [5.41, 5.74) is 1.39. The molecule has 3 rings (SSSR count). The molecule has 0 aliphatic carbocycles. The molecule has 160 valence electrons. The average Bonchev–Trinajstić information content (AvgIpc) is 3.43. The number of carbonyl (C=O) groups excluding carboxylic acids is 2. The van der Waals surface area contributed by atoms with Crippen LogP contribution >= 0.6 is 22.7 Å². The predicted octanol–water partition coefficient (Wildman–Crippen LogP) is 4.17. The summed E-state index contributed by atoms with van der Waals surface area (Å²) in [7, 11) is 3.17. The first-order valence-corrected chi connectivity index (χ1v) is 10.4. The molecule has 10 nitrogen and oxygen atoms in total. The molecule has 12 heteroatoms. The van der Waals surface area contributed by atoms with Gasteiger partial charge in [-0.3, -0.25) is 29.8 Å². The van der Waals surface area contributed by atoms with E-state index in [1.165, 1.54) is 34.1 Å². The standard InChI is InChI=1S/C19H16N4O6S2/c1-20(18(24)14-7-9-16(30-14)22(26)27)11-12-3-5-13(6-4-12)21(2)19(25)15-8-10-17(31-15)23(28)29/h3-10H,11H2,1-2H3. The molecular weight excluding hydrogens is 444 g/mol. The number of hydrogen-bond donors (Lipinski definition) is 0. The van der Waals surface area contributed by atoms with E-state index in [9.17, 15) is 29.8 Å². The van der Waals surface area contributed by atoms with Crippen LogP contribution in [0.5, 0.6) is 0 Å². The minimum absolute atomic E-state index is 0.0927. The molecule has 2 aromatic heterocycles. The Balaban J connectivity index is 1.65. The SMILES string of the molecule is CN(Cc1ccc(N(C)C(=O)c2ccc([N+](=O)[O-])s2)cc1)C(=O)c1ccc([N+](=O)[O-])s1. The van der Waals surface area contributed by atoms with Crippen LogP contribution in [0.2, 0.25) is 0 Å². The van der Waals surface area contributed by atoms with Crippen LogP contribution < -0.4 is 4.90 Å². The Labute approximate surface area is 184 Å². The van der Waals surface area contributed by atoms with Crippen molar-refractivity contribution in [3.8, 4) is 0 Å². The molecular formula is C19H16N4O6S2. The van der Waals surface area contributed by atoms with E-state index < -0.39 is 9.85 Å². The molecule has 0 aliphatic rings. The zero-order valence-electron chi connectivity index (χ0n) is 16.4. The summed E-state index contributed by atoms with van der Waals surface area (Å²) in [6.07, 6.45) is 0. The minimum Gasteiger partial charge on any atom is -0.337 e. The number of rotatable bonds is 7. The van der Waals surface area contributed by atoms with Crippen LogP contribution in [0.25, 0.3) is 0 Å². The fourth-order valence-corrected chi connectivity index (χ4v) is 4.33. The van der Waals surface area contributed by atoms with Gasteiger partial charge in [0.15, 0.2) is 0 Å². The van der Waals surface area contributed by atoms with E-state index in [1.807, 2.05) is 0 Å². The smallest absolute Gasteiger partial charge is 0.324 e. The molecule has 0 atom stereocenters. The van der Waals surface area contributed by atoms with Crippen LogP contribution in [0, 0.1) is 20.2 Å². The lowest BCUT2D eigenvalue weighted by molar-refractivity contribution is -0.380. The molecule has 0 saturated carbocycles. The molecule has 0 spiro atoms. The molecule has 0 saturated heterocycles. The van der Waals surface area contributed by atoms with Gasteiger partial charge in [-0.1, -0.05) is 34.8 Å². The van der Waals surface area contributed by atoms with Crippen molar-refractivity contribution in [2.24, 2.45) is 0 Å². The number of thiophene rings is 2. The number of amides is 2. The van der Waals surface area contributed by atoms with Crippen LogP contribution in [0.4, 0.5) is 15.7 Å². The lowest BCUT2D eigenvalue weighted by atomic mass is 10.2. The van der Waals surface area contributed by atoms with E-state index in [0.29, 0.717) is 5.69 Å². The van der Waals surface area contributed by atoms with Crippen LogP contribution in [0.3, 0.4) is 0 Å². The average molecular weight is 460 g/mol. The highest BCUT2D eigenvalue weighted by molar-refractivity contribution is 7.17. The van der Waals surface area contributed by atoms with E-state index in [0.717, 1.165) is 28.2 Å². The summed E-state index contributed by atoms with van der Waals surface area (Å²) < 4.78 is 0. The normalized spacial score (nSPS) is 10.5. The molecule has 1 aromatic carbocycles. The van der Waals surface area contributed by atoms with Gasteiger partial charge in [-0.25, -0.2) is 0 Å². The highest BCUT2D eigenvalue weighted by Crippen LogP contribution is 2.27. The third kappa shape index (κ3) is 4.92. The molecule has 0 N–H and O–H groups in total. The van der Waals surface area contributed by atoms with Crippen molar-refractivity contribution in [2.75, 3.05) is 19.0 Å². The topological polar surface area (TPSA) is 127 Å².